The number of amides is 1. The monoisotopic (exact) mass is 465 g/mol. The summed E-state index contributed by atoms with van der Waals surface area (Å²) in [5.41, 5.74) is 4.57. The molecule has 1 aliphatic heterocycles. The number of Topliss-reactive ketones (excluding diaryl/α,β-unsaturated/α-hetero) is 1. The highest BCUT2D eigenvalue weighted by Gasteiger charge is 2.46. The first kappa shape index (κ1) is 22.3. The van der Waals surface area contributed by atoms with Gasteiger partial charge in [-0.2, -0.15) is 0 Å². The van der Waals surface area contributed by atoms with Gasteiger partial charge in [-0.15, -0.1) is 11.3 Å². The molecule has 1 N–H and O–H groups in total. The highest BCUT2D eigenvalue weighted by molar-refractivity contribution is 7.10. The Morgan fingerprint density at radius 2 is 1.75 bits per heavy atom. The summed E-state index contributed by atoms with van der Waals surface area (Å²) in [7, 11) is 0. The Bertz CT molecular complexity index is 1230. The molecule has 1 saturated heterocycles. The van der Waals surface area contributed by atoms with Crippen molar-refractivity contribution in [1.82, 2.24) is 4.90 Å². The Morgan fingerprint density at radius 1 is 1.03 bits per heavy atom. The van der Waals surface area contributed by atoms with Crippen LogP contribution in [-0.4, -0.2) is 28.2 Å². The van der Waals surface area contributed by atoms with Gasteiger partial charge in [0.1, 0.15) is 5.76 Å². The van der Waals surface area contributed by atoms with Crippen LogP contribution in [0.3, 0.4) is 0 Å². The predicted molar refractivity (Wildman–Crippen MR) is 129 cm³/mol. The highest BCUT2D eigenvalue weighted by atomic mass is 35.5. The molecular formula is C26H24ClNO3S. The zero-order valence-electron chi connectivity index (χ0n) is 18.2. The SMILES string of the molecule is Cc1ccc(C)c(/C(O)=C2\C(=O)C(=O)N(CCc3ccc(Cl)cc3)C2c2sccc2C)c1. The molecule has 1 aromatic heterocycles. The van der Waals surface area contributed by atoms with Crippen molar-refractivity contribution in [2.45, 2.75) is 33.2 Å². The van der Waals surface area contributed by atoms with E-state index in [0.29, 0.717) is 23.6 Å². The molecule has 4 nitrogen and oxygen atoms in total. The first-order valence-electron chi connectivity index (χ1n) is 10.4. The third-order valence-corrected chi connectivity index (χ3v) is 7.22. The van der Waals surface area contributed by atoms with Crippen LogP contribution in [0.25, 0.3) is 5.76 Å². The number of halogens is 1. The van der Waals surface area contributed by atoms with Gasteiger partial charge < -0.3 is 10.0 Å². The lowest BCUT2D eigenvalue weighted by atomic mass is 9.95. The zero-order chi connectivity index (χ0) is 23.0. The maximum atomic E-state index is 13.2. The van der Waals surface area contributed by atoms with Crippen molar-refractivity contribution in [3.8, 4) is 0 Å². The Kier molecular flexibility index (Phi) is 6.22. The average Bonchev–Trinajstić information content (AvgIpc) is 3.29. The third kappa shape index (κ3) is 4.10. The van der Waals surface area contributed by atoms with Gasteiger partial charge in [0.2, 0.25) is 0 Å². The van der Waals surface area contributed by atoms with Crippen molar-refractivity contribution in [3.05, 3.63) is 97.2 Å². The van der Waals surface area contributed by atoms with Crippen LogP contribution in [0.4, 0.5) is 0 Å². The number of hydrogen-bond donors (Lipinski definition) is 1. The molecule has 2 heterocycles. The molecule has 0 spiro atoms. The van der Waals surface area contributed by atoms with Crippen LogP contribution in [-0.2, 0) is 16.0 Å². The number of aryl methyl sites for hydroxylation is 3. The number of carbonyl (C=O) groups excluding carboxylic acids is 2. The van der Waals surface area contributed by atoms with Crippen molar-refractivity contribution in [2.24, 2.45) is 0 Å². The normalized spacial score (nSPS) is 17.9. The van der Waals surface area contributed by atoms with E-state index < -0.39 is 17.7 Å². The van der Waals surface area contributed by atoms with E-state index in [9.17, 15) is 14.7 Å². The molecule has 32 heavy (non-hydrogen) atoms. The van der Waals surface area contributed by atoms with E-state index >= 15 is 0 Å². The molecule has 2 aromatic carbocycles. The summed E-state index contributed by atoms with van der Waals surface area (Å²) in [4.78, 5) is 28.8. The van der Waals surface area contributed by atoms with Crippen LogP contribution < -0.4 is 0 Å². The van der Waals surface area contributed by atoms with Gasteiger partial charge in [-0.05, 0) is 73.5 Å². The molecule has 1 unspecified atom stereocenters. The molecule has 1 aliphatic rings. The molecule has 3 aromatic rings. The Labute approximate surface area is 196 Å². The molecule has 4 rings (SSSR count). The summed E-state index contributed by atoms with van der Waals surface area (Å²) < 4.78 is 0. The number of hydrogen-bond acceptors (Lipinski definition) is 4. The molecule has 164 valence electrons. The van der Waals surface area contributed by atoms with E-state index in [2.05, 4.69) is 0 Å². The lowest BCUT2D eigenvalue weighted by Gasteiger charge is -2.25. The highest BCUT2D eigenvalue weighted by Crippen LogP contribution is 2.43. The number of carbonyl (C=O) groups is 2. The lowest BCUT2D eigenvalue weighted by molar-refractivity contribution is -0.139. The molecule has 0 aliphatic carbocycles. The Balaban J connectivity index is 1.80. The van der Waals surface area contributed by atoms with Crippen molar-refractivity contribution >= 4 is 40.4 Å². The molecular weight excluding hydrogens is 442 g/mol. The van der Waals surface area contributed by atoms with Gasteiger partial charge in [0.25, 0.3) is 11.7 Å². The quantitative estimate of drug-likeness (QED) is 0.286. The Hall–Kier alpha value is -2.89. The first-order chi connectivity index (χ1) is 15.3. The summed E-state index contributed by atoms with van der Waals surface area (Å²) in [5, 5.41) is 13.9. The number of thiophene rings is 1. The second kappa shape index (κ2) is 8.93. The number of benzene rings is 2. The summed E-state index contributed by atoms with van der Waals surface area (Å²) in [6.07, 6.45) is 0.578. The van der Waals surface area contributed by atoms with Gasteiger partial charge in [0.05, 0.1) is 11.6 Å². The van der Waals surface area contributed by atoms with E-state index in [0.717, 1.165) is 27.1 Å². The van der Waals surface area contributed by atoms with Crippen molar-refractivity contribution in [3.63, 3.8) is 0 Å². The number of aliphatic hydroxyl groups excluding tert-OH is 1. The van der Waals surface area contributed by atoms with Gasteiger partial charge in [0, 0.05) is 22.0 Å². The number of rotatable bonds is 5. The predicted octanol–water partition coefficient (Wildman–Crippen LogP) is 5.99. The molecule has 6 heteroatoms. The second-order valence-electron chi connectivity index (χ2n) is 8.16. The number of nitrogens with zero attached hydrogens (tertiary/aromatic N) is 1. The first-order valence-corrected chi connectivity index (χ1v) is 11.7. The van der Waals surface area contributed by atoms with Crippen molar-refractivity contribution in [1.29, 1.82) is 0 Å². The smallest absolute Gasteiger partial charge is 0.295 e. The van der Waals surface area contributed by atoms with Crippen molar-refractivity contribution in [2.75, 3.05) is 6.54 Å². The van der Waals surface area contributed by atoms with Gasteiger partial charge in [-0.1, -0.05) is 41.4 Å². The van der Waals surface area contributed by atoms with E-state index in [4.69, 9.17) is 11.6 Å². The van der Waals surface area contributed by atoms with Gasteiger partial charge >= 0.3 is 0 Å². The lowest BCUT2D eigenvalue weighted by Crippen LogP contribution is -2.31. The van der Waals surface area contributed by atoms with Crippen LogP contribution >= 0.6 is 22.9 Å². The Morgan fingerprint density at radius 3 is 2.41 bits per heavy atom. The fraction of sp³-hybridized carbons (Fsp3) is 0.231. The molecule has 0 radical (unpaired) electrons. The van der Waals surface area contributed by atoms with Crippen LogP contribution in [0.1, 0.15) is 38.7 Å². The third-order valence-electron chi connectivity index (χ3n) is 5.89. The number of likely N-dealkylation sites (tertiary alicyclic amines) is 1. The largest absolute Gasteiger partial charge is 0.507 e. The summed E-state index contributed by atoms with van der Waals surface area (Å²) in [6.45, 7) is 6.14. The number of aliphatic hydroxyl groups is 1. The van der Waals surface area contributed by atoms with Crippen LogP contribution in [0.15, 0.2) is 59.5 Å². The molecule has 1 fully saturated rings. The average molecular weight is 466 g/mol. The second-order valence-corrected chi connectivity index (χ2v) is 9.54. The van der Waals surface area contributed by atoms with Crippen LogP contribution in [0.5, 0.6) is 0 Å². The van der Waals surface area contributed by atoms with Crippen molar-refractivity contribution < 1.29 is 14.7 Å². The topological polar surface area (TPSA) is 57.6 Å². The van der Waals surface area contributed by atoms with E-state index in [1.807, 2.05) is 74.7 Å². The maximum Gasteiger partial charge on any atom is 0.295 e. The fourth-order valence-corrected chi connectivity index (χ4v) is 5.26. The molecule has 0 saturated carbocycles. The fourth-order valence-electron chi connectivity index (χ4n) is 4.08. The van der Waals surface area contributed by atoms with Gasteiger partial charge in [0.15, 0.2) is 0 Å². The molecule has 0 bridgehead atoms. The van der Waals surface area contributed by atoms with E-state index in [1.165, 1.54) is 11.3 Å². The maximum absolute atomic E-state index is 13.2. The van der Waals surface area contributed by atoms with Gasteiger partial charge in [-0.25, -0.2) is 0 Å². The zero-order valence-corrected chi connectivity index (χ0v) is 19.8. The van der Waals surface area contributed by atoms with E-state index in [1.54, 1.807) is 4.90 Å². The van der Waals surface area contributed by atoms with Gasteiger partial charge in [-0.3, -0.25) is 9.59 Å². The van der Waals surface area contributed by atoms with Crippen LogP contribution in [0.2, 0.25) is 5.02 Å². The minimum absolute atomic E-state index is 0.114. The summed E-state index contributed by atoms with van der Waals surface area (Å²) >= 11 is 7.48. The molecule has 1 atom stereocenters. The van der Waals surface area contributed by atoms with E-state index in [-0.39, 0.29) is 11.3 Å². The number of ketones is 1. The molecule has 1 amide bonds. The van der Waals surface area contributed by atoms with Crippen LogP contribution in [0, 0.1) is 20.8 Å². The summed E-state index contributed by atoms with van der Waals surface area (Å²) in [5.74, 6) is -1.34. The standard InChI is InChI=1S/C26H24ClNO3S/c1-15-4-5-16(2)20(14-15)23(29)21-22(25-17(3)11-13-32-25)28(26(31)24(21)30)12-10-18-6-8-19(27)9-7-18/h4-9,11,13-14,22,29H,10,12H2,1-3H3/b23-21+. The minimum Gasteiger partial charge on any atom is -0.507 e. The summed E-state index contributed by atoms with van der Waals surface area (Å²) in [6, 6.07) is 14.5. The minimum atomic E-state index is -0.641.